The molecule has 0 aromatic heterocycles. The van der Waals surface area contributed by atoms with Crippen LogP contribution in [0.15, 0.2) is 53.0 Å². The number of rotatable bonds is 4. The van der Waals surface area contributed by atoms with Crippen molar-refractivity contribution in [3.8, 4) is 5.75 Å². The normalized spacial score (nSPS) is 28.7. The van der Waals surface area contributed by atoms with Crippen LogP contribution in [-0.4, -0.2) is 11.7 Å². The highest BCUT2D eigenvalue weighted by molar-refractivity contribution is 9.10. The molecule has 27 heavy (non-hydrogen) atoms. The van der Waals surface area contributed by atoms with Gasteiger partial charge in [-0.3, -0.25) is 0 Å². The van der Waals surface area contributed by atoms with Crippen LogP contribution in [0.5, 0.6) is 5.75 Å². The Morgan fingerprint density at radius 3 is 2.56 bits per heavy atom. The van der Waals surface area contributed by atoms with Gasteiger partial charge in [-0.15, -0.1) is 0 Å². The van der Waals surface area contributed by atoms with Crippen LogP contribution in [0.4, 0.5) is 0 Å². The first-order valence-electron chi connectivity index (χ1n) is 10.2. The van der Waals surface area contributed by atoms with Crippen molar-refractivity contribution in [3.05, 3.63) is 64.1 Å². The Kier molecular flexibility index (Phi) is 5.35. The third kappa shape index (κ3) is 3.69. The van der Waals surface area contributed by atoms with E-state index < -0.39 is 0 Å². The van der Waals surface area contributed by atoms with E-state index in [-0.39, 0.29) is 17.8 Å². The first kappa shape index (κ1) is 19.0. The van der Waals surface area contributed by atoms with Gasteiger partial charge in [0.1, 0.15) is 11.4 Å². The highest BCUT2D eigenvalue weighted by Crippen LogP contribution is 2.54. The van der Waals surface area contributed by atoms with E-state index >= 15 is 0 Å². The summed E-state index contributed by atoms with van der Waals surface area (Å²) in [6.07, 6.45) is 5.00. The zero-order valence-corrected chi connectivity index (χ0v) is 18.0. The molecule has 0 N–H and O–H groups in total. The van der Waals surface area contributed by atoms with Gasteiger partial charge in [0.05, 0.1) is 12.2 Å². The second-order valence-electron chi connectivity index (χ2n) is 8.48. The van der Waals surface area contributed by atoms with Gasteiger partial charge in [-0.2, -0.15) is 0 Å². The quantitative estimate of drug-likeness (QED) is 0.519. The number of halogens is 1. The number of fused-ring (bicyclic) bond motifs is 3. The summed E-state index contributed by atoms with van der Waals surface area (Å²) in [6.45, 7) is 6.69. The molecule has 0 saturated carbocycles. The average molecular weight is 429 g/mol. The van der Waals surface area contributed by atoms with Crippen LogP contribution in [0, 0.1) is 5.92 Å². The maximum absolute atomic E-state index is 6.86. The van der Waals surface area contributed by atoms with Crippen LogP contribution in [0.25, 0.3) is 0 Å². The van der Waals surface area contributed by atoms with Crippen molar-refractivity contribution >= 4 is 15.9 Å². The van der Waals surface area contributed by atoms with Crippen LogP contribution >= 0.6 is 15.9 Å². The molecule has 4 atom stereocenters. The van der Waals surface area contributed by atoms with E-state index in [9.17, 15) is 0 Å². The fourth-order valence-electron chi connectivity index (χ4n) is 4.77. The molecule has 1 fully saturated rings. The smallest absolute Gasteiger partial charge is 0.125 e. The fourth-order valence-corrected chi connectivity index (χ4v) is 5.03. The molecule has 0 bridgehead atoms. The average Bonchev–Trinajstić information content (AvgIpc) is 2.66. The Morgan fingerprint density at radius 1 is 1.07 bits per heavy atom. The van der Waals surface area contributed by atoms with E-state index in [0.717, 1.165) is 23.1 Å². The zero-order valence-electron chi connectivity index (χ0n) is 16.5. The highest BCUT2D eigenvalue weighted by atomic mass is 79.9. The maximum Gasteiger partial charge on any atom is 0.125 e. The van der Waals surface area contributed by atoms with Gasteiger partial charge < -0.3 is 9.47 Å². The minimum atomic E-state index is -0.234. The summed E-state index contributed by atoms with van der Waals surface area (Å²) in [5, 5.41) is 0. The summed E-state index contributed by atoms with van der Waals surface area (Å²) in [5.74, 6) is 1.75. The monoisotopic (exact) mass is 428 g/mol. The van der Waals surface area contributed by atoms with Crippen LogP contribution in [0.2, 0.25) is 0 Å². The SMILES string of the molecule is CCCC[C@H]1O[C@H]2c3ccccc3OC(C)(C)[C@@H]2C[C@H]1c1ccc(Br)cc1. The van der Waals surface area contributed by atoms with Crippen LogP contribution in [0.3, 0.4) is 0 Å². The Labute approximate surface area is 171 Å². The van der Waals surface area contributed by atoms with E-state index in [4.69, 9.17) is 9.47 Å². The van der Waals surface area contributed by atoms with Crippen molar-refractivity contribution < 1.29 is 9.47 Å². The standard InChI is InChI=1S/C24H29BrO2/c1-4-5-9-21-19(16-11-13-17(25)14-12-16)15-20-23(26-21)18-8-6-7-10-22(18)27-24(20,2)3/h6-8,10-14,19-21,23H,4-5,9,15H2,1-3H3/t19-,20+,21+,23-/m0/s1. The van der Waals surface area contributed by atoms with Gasteiger partial charge in [0.15, 0.2) is 0 Å². The van der Waals surface area contributed by atoms with Gasteiger partial charge in [0.2, 0.25) is 0 Å². The lowest BCUT2D eigenvalue weighted by Gasteiger charge is -2.51. The van der Waals surface area contributed by atoms with E-state index in [2.05, 4.69) is 85.2 Å². The second-order valence-corrected chi connectivity index (χ2v) is 9.40. The van der Waals surface area contributed by atoms with Crippen molar-refractivity contribution in [1.29, 1.82) is 0 Å². The number of ether oxygens (including phenoxy) is 2. The Balaban J connectivity index is 1.70. The maximum atomic E-state index is 6.86. The van der Waals surface area contributed by atoms with Gasteiger partial charge in [-0.05, 0) is 50.5 Å². The number of unbranched alkanes of at least 4 members (excludes halogenated alkanes) is 1. The van der Waals surface area contributed by atoms with E-state index in [1.165, 1.54) is 24.0 Å². The Hall–Kier alpha value is -1.32. The summed E-state index contributed by atoms with van der Waals surface area (Å²) >= 11 is 3.57. The minimum absolute atomic E-state index is 0.124. The molecule has 0 amide bonds. The fraction of sp³-hybridized carbons (Fsp3) is 0.500. The number of para-hydroxylation sites is 1. The van der Waals surface area contributed by atoms with Gasteiger partial charge in [-0.1, -0.05) is 66.0 Å². The van der Waals surface area contributed by atoms with Crippen molar-refractivity contribution in [2.24, 2.45) is 5.92 Å². The lowest BCUT2D eigenvalue weighted by Crippen LogP contribution is -2.50. The molecule has 3 heteroatoms. The summed E-state index contributed by atoms with van der Waals surface area (Å²) in [4.78, 5) is 0. The van der Waals surface area contributed by atoms with Crippen LogP contribution < -0.4 is 4.74 Å². The van der Waals surface area contributed by atoms with Crippen molar-refractivity contribution in [1.82, 2.24) is 0 Å². The number of hydrogen-bond acceptors (Lipinski definition) is 2. The minimum Gasteiger partial charge on any atom is -0.487 e. The lowest BCUT2D eigenvalue weighted by atomic mass is 9.70. The molecule has 0 aliphatic carbocycles. The first-order chi connectivity index (χ1) is 13.0. The summed E-state index contributed by atoms with van der Waals surface area (Å²) in [5.41, 5.74) is 2.37. The van der Waals surface area contributed by atoms with Crippen molar-refractivity contribution in [2.45, 2.75) is 70.2 Å². The number of benzene rings is 2. The molecule has 2 nitrogen and oxygen atoms in total. The largest absolute Gasteiger partial charge is 0.487 e. The van der Waals surface area contributed by atoms with Crippen molar-refractivity contribution in [3.63, 3.8) is 0 Å². The van der Waals surface area contributed by atoms with Crippen molar-refractivity contribution in [2.75, 3.05) is 0 Å². The van der Waals surface area contributed by atoms with Gasteiger partial charge in [0, 0.05) is 21.9 Å². The predicted molar refractivity (Wildman–Crippen MR) is 113 cm³/mol. The molecule has 2 aromatic rings. The van der Waals surface area contributed by atoms with Gasteiger partial charge in [0.25, 0.3) is 0 Å². The summed E-state index contributed by atoms with van der Waals surface area (Å²) in [7, 11) is 0. The highest BCUT2D eigenvalue weighted by Gasteiger charge is 2.50. The predicted octanol–water partition coefficient (Wildman–Crippen LogP) is 7.04. The molecule has 144 valence electrons. The Bertz CT molecular complexity index is 783. The molecule has 0 spiro atoms. The van der Waals surface area contributed by atoms with Gasteiger partial charge >= 0.3 is 0 Å². The summed E-state index contributed by atoms with van der Waals surface area (Å²) in [6, 6.07) is 17.2. The third-order valence-corrected chi connectivity index (χ3v) is 6.80. The van der Waals surface area contributed by atoms with E-state index in [0.29, 0.717) is 11.8 Å². The second kappa shape index (κ2) is 7.60. The van der Waals surface area contributed by atoms with Crippen LogP contribution in [0.1, 0.15) is 69.6 Å². The molecule has 2 aromatic carbocycles. The number of hydrogen-bond donors (Lipinski definition) is 0. The molecule has 2 aliphatic rings. The molecule has 1 saturated heterocycles. The molecular weight excluding hydrogens is 400 g/mol. The zero-order chi connectivity index (χ0) is 19.0. The molecular formula is C24H29BrO2. The summed E-state index contributed by atoms with van der Waals surface area (Å²) < 4.78 is 14.4. The van der Waals surface area contributed by atoms with E-state index in [1.807, 2.05) is 0 Å². The first-order valence-corrected chi connectivity index (χ1v) is 11.0. The molecule has 2 heterocycles. The lowest BCUT2D eigenvalue weighted by molar-refractivity contribution is -0.160. The molecule has 0 radical (unpaired) electrons. The molecule has 0 unspecified atom stereocenters. The molecule has 2 aliphatic heterocycles. The van der Waals surface area contributed by atoms with Crippen LogP contribution in [-0.2, 0) is 4.74 Å². The van der Waals surface area contributed by atoms with E-state index in [1.54, 1.807) is 0 Å². The third-order valence-electron chi connectivity index (χ3n) is 6.28. The molecule has 4 rings (SSSR count). The van der Waals surface area contributed by atoms with Gasteiger partial charge in [-0.25, -0.2) is 0 Å². The topological polar surface area (TPSA) is 18.5 Å². The Morgan fingerprint density at radius 2 is 1.81 bits per heavy atom.